The van der Waals surface area contributed by atoms with E-state index in [1.165, 1.54) is 21.6 Å². The van der Waals surface area contributed by atoms with Crippen LogP contribution in [0.3, 0.4) is 0 Å². The minimum absolute atomic E-state index is 0.0680. The highest BCUT2D eigenvalue weighted by Crippen LogP contribution is 2.26. The molecule has 0 spiro atoms. The van der Waals surface area contributed by atoms with Crippen molar-refractivity contribution in [2.75, 3.05) is 17.7 Å². The van der Waals surface area contributed by atoms with Crippen LogP contribution in [0.2, 0.25) is 0 Å². The number of nitrogens with zero attached hydrogens (tertiary/aromatic N) is 6. The van der Waals surface area contributed by atoms with Gasteiger partial charge in [-0.25, -0.2) is 13.8 Å². The van der Waals surface area contributed by atoms with Gasteiger partial charge in [0.05, 0.1) is 24.1 Å². The van der Waals surface area contributed by atoms with Crippen LogP contribution in [0, 0.1) is 5.82 Å². The Hall–Kier alpha value is -4.29. The van der Waals surface area contributed by atoms with E-state index in [1.807, 2.05) is 0 Å². The lowest BCUT2D eigenvalue weighted by atomic mass is 10.3. The molecular formula is C20H19F2N9O2. The van der Waals surface area contributed by atoms with Crippen LogP contribution < -0.4 is 21.5 Å². The number of anilines is 3. The zero-order valence-corrected chi connectivity index (χ0v) is 17.6. The van der Waals surface area contributed by atoms with E-state index in [9.17, 15) is 18.4 Å². The molecule has 0 radical (unpaired) electrons. The van der Waals surface area contributed by atoms with Crippen molar-refractivity contribution in [1.82, 2.24) is 34.3 Å². The van der Waals surface area contributed by atoms with Gasteiger partial charge in [-0.1, -0.05) is 0 Å². The first kappa shape index (κ1) is 20.6. The highest BCUT2D eigenvalue weighted by molar-refractivity contribution is 6.00. The summed E-state index contributed by atoms with van der Waals surface area (Å²) in [6, 6.07) is 2.09. The molecule has 33 heavy (non-hydrogen) atoms. The average molecular weight is 455 g/mol. The Morgan fingerprint density at radius 1 is 1.21 bits per heavy atom. The number of amides is 1. The van der Waals surface area contributed by atoms with E-state index in [4.69, 9.17) is 0 Å². The molecule has 4 aromatic heterocycles. The number of aryl methyl sites for hydroxylation is 1. The van der Waals surface area contributed by atoms with Crippen molar-refractivity contribution >= 4 is 28.9 Å². The summed E-state index contributed by atoms with van der Waals surface area (Å²) in [5.41, 5.74) is 0.126. The van der Waals surface area contributed by atoms with E-state index in [0.717, 1.165) is 16.8 Å². The summed E-state index contributed by atoms with van der Waals surface area (Å²) in [6.07, 6.45) is 4.63. The molecule has 0 aromatic carbocycles. The summed E-state index contributed by atoms with van der Waals surface area (Å²) < 4.78 is 31.6. The second kappa shape index (κ2) is 7.69. The Morgan fingerprint density at radius 2 is 2.00 bits per heavy atom. The van der Waals surface area contributed by atoms with Crippen molar-refractivity contribution in [3.8, 4) is 5.69 Å². The Balaban J connectivity index is 1.54. The lowest BCUT2D eigenvalue weighted by Gasteiger charge is -2.11. The van der Waals surface area contributed by atoms with Gasteiger partial charge < -0.3 is 16.0 Å². The molecule has 5 rings (SSSR count). The lowest BCUT2D eigenvalue weighted by molar-refractivity contribution is 0.0949. The van der Waals surface area contributed by atoms with Gasteiger partial charge in [0, 0.05) is 45.0 Å². The molecule has 170 valence electrons. The number of hydrogen-bond acceptors (Lipinski definition) is 7. The van der Waals surface area contributed by atoms with Gasteiger partial charge in [0.15, 0.2) is 5.65 Å². The number of aromatic nitrogens is 6. The molecule has 3 N–H and O–H groups in total. The van der Waals surface area contributed by atoms with Crippen LogP contribution in [0.4, 0.5) is 26.1 Å². The first-order chi connectivity index (χ1) is 15.8. The zero-order valence-electron chi connectivity index (χ0n) is 17.6. The minimum atomic E-state index is -1.05. The molecule has 1 aliphatic carbocycles. The smallest absolute Gasteiger partial charge is 0.279 e. The third-order valence-electron chi connectivity index (χ3n) is 5.22. The van der Waals surface area contributed by atoms with Crippen molar-refractivity contribution in [2.45, 2.75) is 18.6 Å². The molecular weight excluding hydrogens is 436 g/mol. The molecule has 0 unspecified atom stereocenters. The molecule has 1 aliphatic rings. The Labute approximate surface area is 185 Å². The van der Waals surface area contributed by atoms with E-state index in [2.05, 4.69) is 31.1 Å². The number of halogens is 2. The fourth-order valence-corrected chi connectivity index (χ4v) is 3.43. The minimum Gasteiger partial charge on any atom is -0.373 e. The maximum absolute atomic E-state index is 14.3. The Morgan fingerprint density at radius 3 is 2.67 bits per heavy atom. The Bertz CT molecular complexity index is 1440. The van der Waals surface area contributed by atoms with E-state index in [1.54, 1.807) is 26.4 Å². The van der Waals surface area contributed by atoms with Gasteiger partial charge in [-0.2, -0.15) is 14.7 Å². The predicted octanol–water partition coefficient (Wildman–Crippen LogP) is 1.38. The lowest BCUT2D eigenvalue weighted by Crippen LogP contribution is -2.27. The molecule has 2 atom stereocenters. The van der Waals surface area contributed by atoms with E-state index < -0.39 is 29.5 Å². The van der Waals surface area contributed by atoms with Gasteiger partial charge in [0.2, 0.25) is 0 Å². The molecule has 13 heteroatoms. The maximum atomic E-state index is 14.3. The number of alkyl halides is 1. The number of rotatable bonds is 6. The van der Waals surface area contributed by atoms with Crippen molar-refractivity contribution < 1.29 is 13.6 Å². The maximum Gasteiger partial charge on any atom is 0.279 e. The van der Waals surface area contributed by atoms with Gasteiger partial charge in [-0.3, -0.25) is 18.8 Å². The molecule has 4 heterocycles. The van der Waals surface area contributed by atoms with Gasteiger partial charge in [-0.05, 0) is 0 Å². The summed E-state index contributed by atoms with van der Waals surface area (Å²) in [7, 11) is 3.33. The van der Waals surface area contributed by atoms with Gasteiger partial charge >= 0.3 is 0 Å². The number of fused-ring (bicyclic) bond motifs is 1. The van der Waals surface area contributed by atoms with Crippen LogP contribution in [-0.4, -0.2) is 54.1 Å². The van der Waals surface area contributed by atoms with E-state index in [-0.39, 0.29) is 29.1 Å². The quantitative estimate of drug-likeness (QED) is 0.401. The first-order valence-corrected chi connectivity index (χ1v) is 10.0. The fraction of sp³-hybridized carbons (Fsp3) is 0.250. The molecule has 0 bridgehead atoms. The third-order valence-corrected chi connectivity index (χ3v) is 5.22. The van der Waals surface area contributed by atoms with Crippen molar-refractivity contribution in [2.24, 2.45) is 7.05 Å². The summed E-state index contributed by atoms with van der Waals surface area (Å²) in [4.78, 5) is 29.9. The highest BCUT2D eigenvalue weighted by atomic mass is 19.1. The highest BCUT2D eigenvalue weighted by Gasteiger charge is 2.39. The summed E-state index contributed by atoms with van der Waals surface area (Å²) in [6.45, 7) is 0. The van der Waals surface area contributed by atoms with Crippen molar-refractivity contribution in [1.29, 1.82) is 0 Å². The molecule has 4 aromatic rings. The SMILES string of the molecule is CNc1cc(Nc2cc(F)cn(-c3cnn(C)c3)c2=O)nc2c(C(=O)N[C@H]3C[C@H]3F)cnn12. The monoisotopic (exact) mass is 455 g/mol. The normalized spacial score (nSPS) is 17.2. The number of pyridine rings is 1. The average Bonchev–Trinajstić information content (AvgIpc) is 3.15. The molecule has 0 aliphatic heterocycles. The third kappa shape index (κ3) is 3.77. The van der Waals surface area contributed by atoms with Crippen molar-refractivity contribution in [3.05, 3.63) is 58.7 Å². The number of carbonyl (C=O) groups excluding carboxylic acids is 1. The van der Waals surface area contributed by atoms with Gasteiger partial charge in [0.25, 0.3) is 11.5 Å². The molecule has 1 saturated carbocycles. The summed E-state index contributed by atoms with van der Waals surface area (Å²) >= 11 is 0. The van der Waals surface area contributed by atoms with Crippen LogP contribution in [-0.2, 0) is 7.05 Å². The van der Waals surface area contributed by atoms with E-state index in [0.29, 0.717) is 11.5 Å². The number of nitrogens with one attached hydrogen (secondary N) is 3. The summed E-state index contributed by atoms with van der Waals surface area (Å²) in [5.74, 6) is -0.519. The standard InChI is InChI=1S/C20H19F2N9O2/c1-23-17-5-16(28-18-12(7-25-31(17)18)19(32)27-14-4-13(14)22)26-15-3-10(21)8-30(20(15)33)11-6-24-29(2)9-11/h3,5-9,13-14,23H,4H2,1-2H3,(H,26,28)(H,27,32)/t13-,14+/m1/s1. The van der Waals surface area contributed by atoms with Crippen molar-refractivity contribution in [3.63, 3.8) is 0 Å². The van der Waals surface area contributed by atoms with E-state index >= 15 is 0 Å². The zero-order chi connectivity index (χ0) is 23.3. The fourth-order valence-electron chi connectivity index (χ4n) is 3.43. The molecule has 1 amide bonds. The van der Waals surface area contributed by atoms with Crippen LogP contribution in [0.1, 0.15) is 16.8 Å². The first-order valence-electron chi connectivity index (χ1n) is 10.0. The van der Waals surface area contributed by atoms with Gasteiger partial charge in [-0.15, -0.1) is 0 Å². The van der Waals surface area contributed by atoms with Crippen LogP contribution in [0.25, 0.3) is 11.3 Å². The van der Waals surface area contributed by atoms with Crippen LogP contribution in [0.5, 0.6) is 0 Å². The van der Waals surface area contributed by atoms with Crippen LogP contribution >= 0.6 is 0 Å². The molecule has 1 fully saturated rings. The molecule has 0 saturated heterocycles. The molecule has 11 nitrogen and oxygen atoms in total. The predicted molar refractivity (Wildman–Crippen MR) is 115 cm³/mol. The number of carbonyl (C=O) groups is 1. The topological polar surface area (TPSA) is 123 Å². The second-order valence-electron chi connectivity index (χ2n) is 7.65. The largest absolute Gasteiger partial charge is 0.373 e. The summed E-state index contributed by atoms with van der Waals surface area (Å²) in [5, 5.41) is 16.5. The number of hydrogen-bond donors (Lipinski definition) is 3. The Kier molecular flexibility index (Phi) is 4.80. The second-order valence-corrected chi connectivity index (χ2v) is 7.65. The van der Waals surface area contributed by atoms with Gasteiger partial charge in [0.1, 0.15) is 34.9 Å². The van der Waals surface area contributed by atoms with Crippen LogP contribution in [0.15, 0.2) is 41.7 Å².